The van der Waals surface area contributed by atoms with E-state index in [1.165, 1.54) is 18.2 Å². The summed E-state index contributed by atoms with van der Waals surface area (Å²) in [6, 6.07) is 5.58. The highest BCUT2D eigenvalue weighted by molar-refractivity contribution is 6.37. The molecule has 2 heterocycles. The number of carbonyl (C=O) groups is 2. The van der Waals surface area contributed by atoms with Gasteiger partial charge < -0.3 is 4.74 Å². The van der Waals surface area contributed by atoms with Gasteiger partial charge in [0, 0.05) is 16.5 Å². The second-order valence-electron chi connectivity index (χ2n) is 3.54. The average Bonchev–Trinajstić information content (AvgIpc) is 2.55. The Hall–Kier alpha value is -2.14. The summed E-state index contributed by atoms with van der Waals surface area (Å²) in [5.41, 5.74) is -0.0380. The van der Waals surface area contributed by atoms with E-state index >= 15 is 0 Å². The van der Waals surface area contributed by atoms with Crippen molar-refractivity contribution in [2.45, 2.75) is 0 Å². The number of hydrogen-bond donors (Lipinski definition) is 0. The molecule has 0 saturated heterocycles. The van der Waals surface area contributed by atoms with Gasteiger partial charge in [-0.05, 0) is 18.2 Å². The molecule has 2 aromatic rings. The monoisotopic (exact) mass is 249 g/mol. The molecule has 0 N–H and O–H groups in total. The maximum absolute atomic E-state index is 11.7. The summed E-state index contributed by atoms with van der Waals surface area (Å²) in [6.45, 7) is 0. The Balaban J connectivity index is 2.52. The lowest BCUT2D eigenvalue weighted by molar-refractivity contribution is -0.128. The predicted octanol–water partition coefficient (Wildman–Crippen LogP) is 1.21. The van der Waals surface area contributed by atoms with Crippen molar-refractivity contribution in [1.29, 1.82) is 0 Å². The SMILES string of the molecule is O=C1Oc2cc(=O)c3cc(Cl)ccc3n2C1=O. The van der Waals surface area contributed by atoms with Gasteiger partial charge in [0.05, 0.1) is 5.52 Å². The van der Waals surface area contributed by atoms with Crippen molar-refractivity contribution in [2.24, 2.45) is 0 Å². The Bertz CT molecular complexity index is 747. The van der Waals surface area contributed by atoms with Gasteiger partial charge in [-0.25, -0.2) is 9.36 Å². The molecule has 0 spiro atoms. The lowest BCUT2D eigenvalue weighted by Crippen LogP contribution is -2.16. The topological polar surface area (TPSA) is 65.4 Å². The summed E-state index contributed by atoms with van der Waals surface area (Å²) in [5.74, 6) is -1.86. The standard InChI is InChI=1S/C11H4ClNO4/c12-5-1-2-7-6(3-5)8(14)4-9-13(7)10(15)11(16)17-9/h1-4H. The number of nitrogens with zero attached hydrogens (tertiary/aromatic N) is 1. The van der Waals surface area contributed by atoms with Crippen LogP contribution in [0.5, 0.6) is 5.88 Å². The van der Waals surface area contributed by atoms with Crippen LogP contribution in [-0.4, -0.2) is 16.4 Å². The third-order valence-corrected chi connectivity index (χ3v) is 2.75. The molecular formula is C11H4ClNO4. The largest absolute Gasteiger partial charge is 0.404 e. The molecule has 1 aromatic carbocycles. The zero-order valence-electron chi connectivity index (χ0n) is 8.27. The molecular weight excluding hydrogens is 246 g/mol. The van der Waals surface area contributed by atoms with Crippen molar-refractivity contribution < 1.29 is 14.3 Å². The first-order valence-corrected chi connectivity index (χ1v) is 5.07. The molecule has 1 aliphatic heterocycles. The molecule has 0 saturated carbocycles. The summed E-state index contributed by atoms with van der Waals surface area (Å²) in [6.07, 6.45) is 0. The highest BCUT2D eigenvalue weighted by atomic mass is 35.5. The van der Waals surface area contributed by atoms with Crippen molar-refractivity contribution in [1.82, 2.24) is 4.57 Å². The Kier molecular flexibility index (Phi) is 1.88. The van der Waals surface area contributed by atoms with Crippen LogP contribution in [0.2, 0.25) is 5.02 Å². The summed E-state index contributed by atoms with van der Waals surface area (Å²) >= 11 is 5.78. The number of halogens is 1. The molecule has 0 radical (unpaired) electrons. The Morgan fingerprint density at radius 3 is 2.65 bits per heavy atom. The van der Waals surface area contributed by atoms with E-state index in [-0.39, 0.29) is 16.7 Å². The molecule has 6 heteroatoms. The van der Waals surface area contributed by atoms with E-state index in [1.54, 1.807) is 0 Å². The van der Waals surface area contributed by atoms with Gasteiger partial charge in [0.1, 0.15) is 0 Å². The van der Waals surface area contributed by atoms with Crippen LogP contribution in [0, 0.1) is 0 Å². The molecule has 1 aliphatic rings. The third-order valence-electron chi connectivity index (χ3n) is 2.51. The fraction of sp³-hybridized carbons (Fsp3) is 0. The van der Waals surface area contributed by atoms with E-state index in [9.17, 15) is 14.4 Å². The number of hydrogen-bond acceptors (Lipinski definition) is 4. The average molecular weight is 250 g/mol. The van der Waals surface area contributed by atoms with Crippen molar-refractivity contribution in [3.05, 3.63) is 39.5 Å². The van der Waals surface area contributed by atoms with Gasteiger partial charge in [0.2, 0.25) is 5.88 Å². The van der Waals surface area contributed by atoms with E-state index in [0.29, 0.717) is 10.5 Å². The van der Waals surface area contributed by atoms with Crippen molar-refractivity contribution in [3.63, 3.8) is 0 Å². The van der Waals surface area contributed by atoms with Gasteiger partial charge in [-0.3, -0.25) is 9.59 Å². The maximum atomic E-state index is 11.7. The number of rotatable bonds is 0. The molecule has 0 atom stereocenters. The number of ether oxygens (including phenoxy) is 1. The van der Waals surface area contributed by atoms with Gasteiger partial charge >= 0.3 is 11.9 Å². The molecule has 0 aliphatic carbocycles. The van der Waals surface area contributed by atoms with Crippen LogP contribution in [0.15, 0.2) is 29.1 Å². The Morgan fingerprint density at radius 1 is 1.12 bits per heavy atom. The van der Waals surface area contributed by atoms with E-state index in [1.807, 2.05) is 0 Å². The van der Waals surface area contributed by atoms with E-state index in [4.69, 9.17) is 11.6 Å². The van der Waals surface area contributed by atoms with Crippen LogP contribution in [0.25, 0.3) is 10.9 Å². The van der Waals surface area contributed by atoms with Gasteiger partial charge in [0.25, 0.3) is 0 Å². The normalized spacial score (nSPS) is 13.9. The molecule has 17 heavy (non-hydrogen) atoms. The van der Waals surface area contributed by atoms with Crippen LogP contribution in [-0.2, 0) is 4.79 Å². The smallest absolute Gasteiger partial charge is 0.401 e. The van der Waals surface area contributed by atoms with Crippen LogP contribution >= 0.6 is 11.6 Å². The minimum atomic E-state index is -0.994. The number of pyridine rings is 1. The first-order valence-electron chi connectivity index (χ1n) is 4.70. The first-order chi connectivity index (χ1) is 8.08. The van der Waals surface area contributed by atoms with Crippen molar-refractivity contribution in [3.8, 4) is 5.88 Å². The van der Waals surface area contributed by atoms with Gasteiger partial charge in [-0.1, -0.05) is 11.6 Å². The summed E-state index contributed by atoms with van der Waals surface area (Å²) in [5, 5.41) is 0.653. The quantitative estimate of drug-likeness (QED) is 0.520. The van der Waals surface area contributed by atoms with Crippen molar-refractivity contribution >= 4 is 34.4 Å². The lowest BCUT2D eigenvalue weighted by Gasteiger charge is -2.04. The minimum absolute atomic E-state index is 0.0557. The molecule has 1 aromatic heterocycles. The van der Waals surface area contributed by atoms with Gasteiger partial charge in [-0.15, -0.1) is 0 Å². The maximum Gasteiger partial charge on any atom is 0.404 e. The van der Waals surface area contributed by atoms with Crippen LogP contribution < -0.4 is 10.2 Å². The summed E-state index contributed by atoms with van der Waals surface area (Å²) in [7, 11) is 0. The van der Waals surface area contributed by atoms with E-state index in [2.05, 4.69) is 4.74 Å². The zero-order chi connectivity index (χ0) is 12.2. The summed E-state index contributed by atoms with van der Waals surface area (Å²) in [4.78, 5) is 34.4. The molecule has 84 valence electrons. The van der Waals surface area contributed by atoms with Gasteiger partial charge in [0.15, 0.2) is 5.43 Å². The minimum Gasteiger partial charge on any atom is -0.401 e. The second-order valence-corrected chi connectivity index (χ2v) is 3.97. The second kappa shape index (κ2) is 3.18. The fourth-order valence-electron chi connectivity index (χ4n) is 1.79. The number of aromatic nitrogens is 1. The summed E-state index contributed by atoms with van der Waals surface area (Å²) < 4.78 is 5.74. The van der Waals surface area contributed by atoms with Crippen LogP contribution in [0.3, 0.4) is 0 Å². The van der Waals surface area contributed by atoms with E-state index in [0.717, 1.165) is 10.6 Å². The predicted molar refractivity (Wildman–Crippen MR) is 59.5 cm³/mol. The van der Waals surface area contributed by atoms with Crippen molar-refractivity contribution in [2.75, 3.05) is 0 Å². The zero-order valence-corrected chi connectivity index (χ0v) is 9.02. The highest BCUT2D eigenvalue weighted by Crippen LogP contribution is 2.24. The fourth-order valence-corrected chi connectivity index (χ4v) is 1.96. The van der Waals surface area contributed by atoms with Gasteiger partial charge in [-0.2, -0.15) is 0 Å². The Labute approximate surface area is 99.2 Å². The first kappa shape index (κ1) is 10.0. The molecule has 0 unspecified atom stereocenters. The third kappa shape index (κ3) is 1.29. The number of esters is 1. The molecule has 0 bridgehead atoms. The number of benzene rings is 1. The lowest BCUT2D eigenvalue weighted by atomic mass is 10.2. The molecule has 0 fully saturated rings. The Morgan fingerprint density at radius 2 is 1.88 bits per heavy atom. The highest BCUT2D eigenvalue weighted by Gasteiger charge is 2.31. The van der Waals surface area contributed by atoms with Crippen LogP contribution in [0.4, 0.5) is 0 Å². The molecule has 3 rings (SSSR count). The van der Waals surface area contributed by atoms with Crippen LogP contribution in [0.1, 0.15) is 4.79 Å². The number of fused-ring (bicyclic) bond motifs is 3. The molecule has 0 amide bonds. The van der Waals surface area contributed by atoms with E-state index < -0.39 is 11.9 Å². The number of carbonyl (C=O) groups excluding carboxylic acids is 2. The molecule has 5 nitrogen and oxygen atoms in total.